The van der Waals surface area contributed by atoms with Crippen LogP contribution < -0.4 is 5.73 Å². The van der Waals surface area contributed by atoms with E-state index >= 15 is 0 Å². The topological polar surface area (TPSA) is 26.0 Å². The minimum absolute atomic E-state index is 0.633. The first-order valence-corrected chi connectivity index (χ1v) is 6.14. The second kappa shape index (κ2) is 7.15. The maximum absolute atomic E-state index is 5.64. The minimum Gasteiger partial charge on any atom is -0.330 e. The van der Waals surface area contributed by atoms with Crippen molar-refractivity contribution < 1.29 is 0 Å². The van der Waals surface area contributed by atoms with Crippen LogP contribution >= 0.6 is 11.6 Å². The molecular formula is C12H20ClN. The van der Waals surface area contributed by atoms with Gasteiger partial charge in [-0.1, -0.05) is 5.92 Å². The van der Waals surface area contributed by atoms with Gasteiger partial charge in [-0.3, -0.25) is 0 Å². The Kier molecular flexibility index (Phi) is 6.07. The van der Waals surface area contributed by atoms with Gasteiger partial charge in [-0.05, 0) is 44.6 Å². The molecule has 0 radical (unpaired) electrons. The largest absolute Gasteiger partial charge is 0.330 e. The van der Waals surface area contributed by atoms with Gasteiger partial charge in [0, 0.05) is 18.2 Å². The van der Waals surface area contributed by atoms with Crippen molar-refractivity contribution in [2.75, 3.05) is 12.4 Å². The van der Waals surface area contributed by atoms with Gasteiger partial charge in [0.25, 0.3) is 0 Å². The molecular weight excluding hydrogens is 194 g/mol. The van der Waals surface area contributed by atoms with Gasteiger partial charge in [0.1, 0.15) is 0 Å². The van der Waals surface area contributed by atoms with Crippen LogP contribution in [0, 0.1) is 23.7 Å². The molecule has 14 heavy (non-hydrogen) atoms. The molecule has 1 aliphatic rings. The van der Waals surface area contributed by atoms with Crippen LogP contribution in [-0.2, 0) is 0 Å². The van der Waals surface area contributed by atoms with E-state index in [2.05, 4.69) is 11.8 Å². The van der Waals surface area contributed by atoms with E-state index in [1.807, 2.05) is 0 Å². The number of rotatable bonds is 3. The SMILES string of the molecule is NCC1CCC(C#CCCCCl)CC1. The van der Waals surface area contributed by atoms with Gasteiger partial charge in [0.15, 0.2) is 0 Å². The number of nitrogens with two attached hydrogens (primary N) is 1. The summed E-state index contributed by atoms with van der Waals surface area (Å²) in [6.07, 6.45) is 7.01. The van der Waals surface area contributed by atoms with E-state index in [0.29, 0.717) is 5.92 Å². The molecule has 1 aliphatic carbocycles. The van der Waals surface area contributed by atoms with Crippen LogP contribution in [-0.4, -0.2) is 12.4 Å². The van der Waals surface area contributed by atoms with Gasteiger partial charge in [-0.2, -0.15) is 0 Å². The smallest absolute Gasteiger partial charge is 0.0232 e. The Morgan fingerprint density at radius 1 is 1.21 bits per heavy atom. The quantitative estimate of drug-likeness (QED) is 0.436. The number of halogens is 1. The van der Waals surface area contributed by atoms with Gasteiger partial charge in [-0.25, -0.2) is 0 Å². The second-order valence-corrected chi connectivity index (χ2v) is 4.44. The van der Waals surface area contributed by atoms with E-state index in [-0.39, 0.29) is 0 Å². The first-order valence-electron chi connectivity index (χ1n) is 5.61. The molecule has 2 N–H and O–H groups in total. The van der Waals surface area contributed by atoms with Crippen molar-refractivity contribution in [3.8, 4) is 11.8 Å². The van der Waals surface area contributed by atoms with Crippen molar-refractivity contribution in [1.82, 2.24) is 0 Å². The molecule has 0 saturated heterocycles. The van der Waals surface area contributed by atoms with Gasteiger partial charge in [0.2, 0.25) is 0 Å². The van der Waals surface area contributed by atoms with Crippen LogP contribution in [0.2, 0.25) is 0 Å². The standard InChI is InChI=1S/C12H20ClN/c13-9-3-1-2-4-11-5-7-12(10-14)8-6-11/h11-12H,1,3,5-10,14H2. The first kappa shape index (κ1) is 11.9. The second-order valence-electron chi connectivity index (χ2n) is 4.07. The van der Waals surface area contributed by atoms with E-state index in [1.165, 1.54) is 25.7 Å². The molecule has 0 amide bonds. The van der Waals surface area contributed by atoms with E-state index in [4.69, 9.17) is 17.3 Å². The molecule has 0 atom stereocenters. The lowest BCUT2D eigenvalue weighted by atomic mass is 9.82. The lowest BCUT2D eigenvalue weighted by molar-refractivity contribution is 0.323. The molecule has 0 heterocycles. The van der Waals surface area contributed by atoms with Crippen molar-refractivity contribution >= 4 is 11.6 Å². The summed E-state index contributed by atoms with van der Waals surface area (Å²) in [6, 6.07) is 0. The molecule has 0 bridgehead atoms. The summed E-state index contributed by atoms with van der Waals surface area (Å²) >= 11 is 5.58. The lowest BCUT2D eigenvalue weighted by Gasteiger charge is -2.24. The summed E-state index contributed by atoms with van der Waals surface area (Å²) in [4.78, 5) is 0. The molecule has 0 aromatic carbocycles. The molecule has 80 valence electrons. The molecule has 1 fully saturated rings. The predicted molar refractivity (Wildman–Crippen MR) is 62.2 cm³/mol. The van der Waals surface area contributed by atoms with Crippen LogP contribution in [0.15, 0.2) is 0 Å². The van der Waals surface area contributed by atoms with Crippen LogP contribution in [0.3, 0.4) is 0 Å². The number of hydrogen-bond acceptors (Lipinski definition) is 1. The Morgan fingerprint density at radius 2 is 1.93 bits per heavy atom. The van der Waals surface area contributed by atoms with Crippen molar-refractivity contribution in [1.29, 1.82) is 0 Å². The summed E-state index contributed by atoms with van der Waals surface area (Å²) in [6.45, 7) is 0.854. The maximum atomic E-state index is 5.64. The average molecular weight is 214 g/mol. The Hall–Kier alpha value is -0.190. The summed E-state index contributed by atoms with van der Waals surface area (Å²) in [5.41, 5.74) is 5.64. The highest BCUT2D eigenvalue weighted by atomic mass is 35.5. The fraction of sp³-hybridized carbons (Fsp3) is 0.833. The van der Waals surface area contributed by atoms with E-state index in [9.17, 15) is 0 Å². The average Bonchev–Trinajstić information content (AvgIpc) is 2.25. The molecule has 1 rings (SSSR count). The Balaban J connectivity index is 2.17. The summed E-state index contributed by atoms with van der Waals surface area (Å²) in [5.74, 6) is 8.70. The van der Waals surface area contributed by atoms with E-state index in [0.717, 1.165) is 31.2 Å². The molecule has 2 heteroatoms. The van der Waals surface area contributed by atoms with Crippen molar-refractivity contribution in [2.24, 2.45) is 17.6 Å². The molecule has 0 unspecified atom stereocenters. The zero-order valence-electron chi connectivity index (χ0n) is 8.77. The highest BCUT2D eigenvalue weighted by Crippen LogP contribution is 2.27. The Bertz CT molecular complexity index is 196. The third-order valence-corrected chi connectivity index (χ3v) is 3.19. The third-order valence-electron chi connectivity index (χ3n) is 2.92. The van der Waals surface area contributed by atoms with Gasteiger partial charge in [-0.15, -0.1) is 17.5 Å². The number of hydrogen-bond donors (Lipinski definition) is 1. The first-order chi connectivity index (χ1) is 6.86. The fourth-order valence-electron chi connectivity index (χ4n) is 1.91. The zero-order valence-corrected chi connectivity index (χ0v) is 9.52. The van der Waals surface area contributed by atoms with Crippen LogP contribution in [0.5, 0.6) is 0 Å². The monoisotopic (exact) mass is 213 g/mol. The molecule has 0 aromatic heterocycles. The van der Waals surface area contributed by atoms with Crippen LogP contribution in [0.4, 0.5) is 0 Å². The maximum Gasteiger partial charge on any atom is 0.0232 e. The third kappa shape index (κ3) is 4.35. The van der Waals surface area contributed by atoms with Crippen LogP contribution in [0.25, 0.3) is 0 Å². The molecule has 0 spiro atoms. The minimum atomic E-state index is 0.633. The molecule has 0 aliphatic heterocycles. The van der Waals surface area contributed by atoms with Gasteiger partial charge >= 0.3 is 0 Å². The lowest BCUT2D eigenvalue weighted by Crippen LogP contribution is -2.20. The number of alkyl halides is 1. The zero-order chi connectivity index (χ0) is 10.2. The summed E-state index contributed by atoms with van der Waals surface area (Å²) in [5, 5.41) is 0. The number of unbranched alkanes of at least 4 members (excludes halogenated alkanes) is 1. The predicted octanol–water partition coefficient (Wildman–Crippen LogP) is 2.77. The fourth-order valence-corrected chi connectivity index (χ4v) is 2.05. The van der Waals surface area contributed by atoms with Gasteiger partial charge in [0.05, 0.1) is 0 Å². The van der Waals surface area contributed by atoms with Crippen LogP contribution in [0.1, 0.15) is 38.5 Å². The van der Waals surface area contributed by atoms with Gasteiger partial charge < -0.3 is 5.73 Å². The van der Waals surface area contributed by atoms with Crippen molar-refractivity contribution in [3.05, 3.63) is 0 Å². The van der Waals surface area contributed by atoms with Crippen molar-refractivity contribution in [3.63, 3.8) is 0 Å². The summed E-state index contributed by atoms with van der Waals surface area (Å²) in [7, 11) is 0. The Labute approximate surface area is 92.4 Å². The molecule has 0 aromatic rings. The normalized spacial score (nSPS) is 26.7. The highest BCUT2D eigenvalue weighted by Gasteiger charge is 2.18. The van der Waals surface area contributed by atoms with E-state index < -0.39 is 0 Å². The van der Waals surface area contributed by atoms with E-state index in [1.54, 1.807) is 0 Å². The summed E-state index contributed by atoms with van der Waals surface area (Å²) < 4.78 is 0. The Morgan fingerprint density at radius 3 is 2.50 bits per heavy atom. The van der Waals surface area contributed by atoms with Crippen molar-refractivity contribution in [2.45, 2.75) is 38.5 Å². The molecule has 1 saturated carbocycles. The highest BCUT2D eigenvalue weighted by molar-refractivity contribution is 6.17. The molecule has 1 nitrogen and oxygen atoms in total.